The highest BCUT2D eigenvalue weighted by molar-refractivity contribution is 7.89. The third-order valence-corrected chi connectivity index (χ3v) is 6.14. The maximum absolute atomic E-state index is 12.8. The molecular weight excluding hydrogens is 334 g/mol. The molecule has 1 aliphatic rings. The number of nitrogens with two attached hydrogens (primary N) is 1. The van der Waals surface area contributed by atoms with Crippen molar-refractivity contribution in [3.8, 4) is 0 Å². The predicted octanol–water partition coefficient (Wildman–Crippen LogP) is 1.42. The third kappa shape index (κ3) is 4.29. The molecule has 134 valence electrons. The SMILES string of the molecule is Cc1ccc([N+](=O)[O-])cc1S(=O)(=O)N1CCC(OCCCN)CC1. The zero-order valence-electron chi connectivity index (χ0n) is 13.7. The number of nitrogens with zero attached hydrogens (tertiary/aromatic N) is 2. The minimum Gasteiger partial charge on any atom is -0.378 e. The first-order valence-corrected chi connectivity index (χ1v) is 9.37. The molecule has 0 radical (unpaired) electrons. The number of aryl methyl sites for hydroxylation is 1. The highest BCUT2D eigenvalue weighted by atomic mass is 32.2. The summed E-state index contributed by atoms with van der Waals surface area (Å²) in [5, 5.41) is 10.9. The van der Waals surface area contributed by atoms with Gasteiger partial charge in [0, 0.05) is 31.8 Å². The smallest absolute Gasteiger partial charge is 0.270 e. The number of rotatable bonds is 7. The summed E-state index contributed by atoms with van der Waals surface area (Å²) in [4.78, 5) is 10.3. The first-order valence-electron chi connectivity index (χ1n) is 7.93. The van der Waals surface area contributed by atoms with Crippen LogP contribution in [0.25, 0.3) is 0 Å². The van der Waals surface area contributed by atoms with E-state index in [9.17, 15) is 18.5 Å². The molecule has 1 heterocycles. The Morgan fingerprint density at radius 3 is 2.62 bits per heavy atom. The molecule has 2 rings (SSSR count). The van der Waals surface area contributed by atoms with Crippen molar-refractivity contribution in [3.05, 3.63) is 33.9 Å². The van der Waals surface area contributed by atoms with E-state index < -0.39 is 14.9 Å². The summed E-state index contributed by atoms with van der Waals surface area (Å²) in [6, 6.07) is 3.91. The molecule has 1 aliphatic heterocycles. The second-order valence-electron chi connectivity index (χ2n) is 5.82. The molecule has 9 heteroatoms. The molecule has 0 bridgehead atoms. The third-order valence-electron chi connectivity index (χ3n) is 4.10. The van der Waals surface area contributed by atoms with Crippen molar-refractivity contribution in [2.45, 2.75) is 37.2 Å². The maximum Gasteiger partial charge on any atom is 0.270 e. The van der Waals surface area contributed by atoms with Gasteiger partial charge in [-0.15, -0.1) is 0 Å². The van der Waals surface area contributed by atoms with Crippen LogP contribution >= 0.6 is 0 Å². The summed E-state index contributed by atoms with van der Waals surface area (Å²) in [6.45, 7) is 3.48. The van der Waals surface area contributed by atoms with Crippen LogP contribution in [-0.2, 0) is 14.8 Å². The summed E-state index contributed by atoms with van der Waals surface area (Å²) >= 11 is 0. The molecule has 0 aromatic heterocycles. The van der Waals surface area contributed by atoms with Crippen LogP contribution in [0.2, 0.25) is 0 Å². The summed E-state index contributed by atoms with van der Waals surface area (Å²) in [6.07, 6.45) is 2.04. The fraction of sp³-hybridized carbons (Fsp3) is 0.600. The molecule has 2 N–H and O–H groups in total. The van der Waals surface area contributed by atoms with Gasteiger partial charge in [-0.2, -0.15) is 4.31 Å². The molecule has 8 nitrogen and oxygen atoms in total. The normalized spacial score (nSPS) is 17.1. The van der Waals surface area contributed by atoms with Gasteiger partial charge in [-0.25, -0.2) is 8.42 Å². The average molecular weight is 357 g/mol. The van der Waals surface area contributed by atoms with E-state index in [0.29, 0.717) is 44.6 Å². The predicted molar refractivity (Wildman–Crippen MR) is 89.2 cm³/mol. The lowest BCUT2D eigenvalue weighted by atomic mass is 10.1. The molecule has 0 atom stereocenters. The molecule has 0 spiro atoms. The van der Waals surface area contributed by atoms with E-state index in [-0.39, 0.29) is 16.7 Å². The molecule has 1 aromatic rings. The molecule has 0 unspecified atom stereocenters. The lowest BCUT2D eigenvalue weighted by Crippen LogP contribution is -2.41. The number of piperidine rings is 1. The van der Waals surface area contributed by atoms with E-state index in [2.05, 4.69) is 0 Å². The number of hydrogen-bond acceptors (Lipinski definition) is 6. The van der Waals surface area contributed by atoms with Crippen molar-refractivity contribution < 1.29 is 18.1 Å². The Hall–Kier alpha value is -1.55. The van der Waals surface area contributed by atoms with Crippen molar-refractivity contribution in [2.75, 3.05) is 26.2 Å². The van der Waals surface area contributed by atoms with E-state index in [1.807, 2.05) is 0 Å². The Labute approximate surface area is 141 Å². The zero-order chi connectivity index (χ0) is 17.7. The van der Waals surface area contributed by atoms with Gasteiger partial charge in [-0.3, -0.25) is 10.1 Å². The van der Waals surface area contributed by atoms with Gasteiger partial charge in [0.25, 0.3) is 5.69 Å². The van der Waals surface area contributed by atoms with Crippen LogP contribution in [0.5, 0.6) is 0 Å². The van der Waals surface area contributed by atoms with E-state index in [0.717, 1.165) is 12.5 Å². The highest BCUT2D eigenvalue weighted by Gasteiger charge is 2.31. The second-order valence-corrected chi connectivity index (χ2v) is 7.73. The van der Waals surface area contributed by atoms with Crippen molar-refractivity contribution >= 4 is 15.7 Å². The summed E-state index contributed by atoms with van der Waals surface area (Å²) in [5.41, 5.74) is 5.70. The van der Waals surface area contributed by atoms with Crippen LogP contribution in [0.3, 0.4) is 0 Å². The van der Waals surface area contributed by atoms with Crippen LogP contribution < -0.4 is 5.73 Å². The Morgan fingerprint density at radius 1 is 1.38 bits per heavy atom. The van der Waals surface area contributed by atoms with Gasteiger partial charge in [-0.1, -0.05) is 6.07 Å². The topological polar surface area (TPSA) is 116 Å². The van der Waals surface area contributed by atoms with E-state index in [1.165, 1.54) is 16.4 Å². The van der Waals surface area contributed by atoms with E-state index in [1.54, 1.807) is 6.92 Å². The van der Waals surface area contributed by atoms with Gasteiger partial charge >= 0.3 is 0 Å². The van der Waals surface area contributed by atoms with Gasteiger partial charge < -0.3 is 10.5 Å². The Kier molecular flexibility index (Phi) is 6.27. The van der Waals surface area contributed by atoms with Gasteiger partial charge in [0.15, 0.2) is 0 Å². The van der Waals surface area contributed by atoms with Crippen LogP contribution in [-0.4, -0.2) is 50.0 Å². The van der Waals surface area contributed by atoms with Crippen molar-refractivity contribution in [3.63, 3.8) is 0 Å². The molecule has 0 saturated carbocycles. The fourth-order valence-corrected chi connectivity index (χ4v) is 4.41. The second kappa shape index (κ2) is 8.02. The van der Waals surface area contributed by atoms with Crippen LogP contribution in [0.4, 0.5) is 5.69 Å². The lowest BCUT2D eigenvalue weighted by molar-refractivity contribution is -0.385. The fourth-order valence-electron chi connectivity index (χ4n) is 2.69. The molecule has 1 fully saturated rings. The number of hydrogen-bond donors (Lipinski definition) is 1. The average Bonchev–Trinajstić information content (AvgIpc) is 2.55. The zero-order valence-corrected chi connectivity index (χ0v) is 14.5. The number of non-ortho nitro benzene ring substituents is 1. The summed E-state index contributed by atoms with van der Waals surface area (Å²) in [7, 11) is -3.74. The molecule has 24 heavy (non-hydrogen) atoms. The van der Waals surface area contributed by atoms with Crippen LogP contribution in [0, 0.1) is 17.0 Å². The maximum atomic E-state index is 12.8. The number of ether oxygens (including phenoxy) is 1. The quantitative estimate of drug-likeness (QED) is 0.448. The largest absolute Gasteiger partial charge is 0.378 e. The first kappa shape index (κ1) is 18.8. The monoisotopic (exact) mass is 357 g/mol. The van der Waals surface area contributed by atoms with E-state index >= 15 is 0 Å². The summed E-state index contributed by atoms with van der Waals surface area (Å²) in [5.74, 6) is 0. The number of nitro groups is 1. The minimum atomic E-state index is -3.74. The Balaban J connectivity index is 2.09. The lowest BCUT2D eigenvalue weighted by Gasteiger charge is -2.31. The molecule has 0 aliphatic carbocycles. The highest BCUT2D eigenvalue weighted by Crippen LogP contribution is 2.27. The van der Waals surface area contributed by atoms with Gasteiger partial charge in [-0.05, 0) is 38.3 Å². The molecule has 0 amide bonds. The minimum absolute atomic E-state index is 0.000741. The number of benzene rings is 1. The van der Waals surface area contributed by atoms with Crippen molar-refractivity contribution in [1.29, 1.82) is 0 Å². The Morgan fingerprint density at radius 2 is 2.04 bits per heavy atom. The van der Waals surface area contributed by atoms with Gasteiger partial charge in [0.05, 0.1) is 15.9 Å². The van der Waals surface area contributed by atoms with Crippen molar-refractivity contribution in [2.24, 2.45) is 5.73 Å². The van der Waals surface area contributed by atoms with Crippen LogP contribution in [0.15, 0.2) is 23.1 Å². The van der Waals surface area contributed by atoms with Gasteiger partial charge in [0.2, 0.25) is 10.0 Å². The Bertz CT molecular complexity index is 684. The molecule has 1 saturated heterocycles. The standard InChI is InChI=1S/C15H23N3O5S/c1-12-3-4-13(18(19)20)11-15(12)24(21,22)17-8-5-14(6-9-17)23-10-2-7-16/h3-4,11,14H,2,5-10,16H2,1H3. The van der Waals surface area contributed by atoms with Gasteiger partial charge in [0.1, 0.15) is 0 Å². The molecular formula is C15H23N3O5S. The number of nitro benzene ring substituents is 1. The van der Waals surface area contributed by atoms with Crippen molar-refractivity contribution in [1.82, 2.24) is 4.31 Å². The first-order chi connectivity index (χ1) is 11.4. The summed E-state index contributed by atoms with van der Waals surface area (Å²) < 4.78 is 32.6. The number of sulfonamides is 1. The van der Waals surface area contributed by atoms with Crippen LogP contribution in [0.1, 0.15) is 24.8 Å². The molecule has 1 aromatic carbocycles. The van der Waals surface area contributed by atoms with E-state index in [4.69, 9.17) is 10.5 Å².